The Hall–Kier alpha value is -3.17. The Morgan fingerprint density at radius 2 is 2.00 bits per heavy atom. The maximum Gasteiger partial charge on any atom is 0.313 e. The normalized spacial score (nSPS) is 10.9. The lowest BCUT2D eigenvalue weighted by molar-refractivity contribution is -0.142. The van der Waals surface area contributed by atoms with Gasteiger partial charge in [0.2, 0.25) is 11.7 Å². The van der Waals surface area contributed by atoms with Crippen LogP contribution in [0, 0.1) is 0 Å². The number of hydrogen-bond donors (Lipinski definition) is 0. The smallest absolute Gasteiger partial charge is 0.313 e. The van der Waals surface area contributed by atoms with Gasteiger partial charge in [-0.2, -0.15) is 4.98 Å². The summed E-state index contributed by atoms with van der Waals surface area (Å²) < 4.78 is 12.4. The topological polar surface area (TPSA) is 95.9 Å². The Morgan fingerprint density at radius 1 is 1.16 bits per heavy atom. The molecular formula is C22H20ClN5O3S. The van der Waals surface area contributed by atoms with Crippen molar-refractivity contribution in [2.24, 2.45) is 0 Å². The van der Waals surface area contributed by atoms with E-state index >= 15 is 0 Å². The van der Waals surface area contributed by atoms with Gasteiger partial charge in [0.05, 0.1) is 18.9 Å². The molecule has 32 heavy (non-hydrogen) atoms. The largest absolute Gasteiger partial charge is 0.466 e. The number of ether oxygens (including phenoxy) is 1. The van der Waals surface area contributed by atoms with E-state index < -0.39 is 0 Å². The summed E-state index contributed by atoms with van der Waals surface area (Å²) in [5.41, 5.74) is 1.85. The molecule has 0 amide bonds. The zero-order valence-corrected chi connectivity index (χ0v) is 18.8. The molecule has 2 heterocycles. The van der Waals surface area contributed by atoms with Gasteiger partial charge in [-0.1, -0.05) is 71.0 Å². The van der Waals surface area contributed by atoms with Crippen molar-refractivity contribution in [3.63, 3.8) is 0 Å². The highest BCUT2D eigenvalue weighted by molar-refractivity contribution is 7.98. The first-order chi connectivity index (χ1) is 15.6. The average molecular weight is 470 g/mol. The van der Waals surface area contributed by atoms with Crippen LogP contribution in [0.15, 0.2) is 64.3 Å². The third-order valence-corrected chi connectivity index (χ3v) is 5.65. The summed E-state index contributed by atoms with van der Waals surface area (Å²) in [5.74, 6) is 1.52. The summed E-state index contributed by atoms with van der Waals surface area (Å²) in [6, 6.07) is 17.2. The zero-order valence-electron chi connectivity index (χ0n) is 17.3. The van der Waals surface area contributed by atoms with E-state index in [9.17, 15) is 4.79 Å². The van der Waals surface area contributed by atoms with Crippen LogP contribution in [0.2, 0.25) is 5.02 Å². The van der Waals surface area contributed by atoms with Crippen molar-refractivity contribution in [1.29, 1.82) is 0 Å². The second-order valence-electron chi connectivity index (χ2n) is 6.76. The summed E-state index contributed by atoms with van der Waals surface area (Å²) in [6.45, 7) is 2.62. The average Bonchev–Trinajstić information content (AvgIpc) is 3.41. The van der Waals surface area contributed by atoms with Crippen molar-refractivity contribution < 1.29 is 14.1 Å². The molecule has 0 radical (unpaired) electrons. The summed E-state index contributed by atoms with van der Waals surface area (Å²) in [7, 11) is 0. The van der Waals surface area contributed by atoms with Crippen LogP contribution in [0.3, 0.4) is 0 Å². The molecule has 164 valence electrons. The van der Waals surface area contributed by atoms with Crippen LogP contribution >= 0.6 is 23.4 Å². The predicted molar refractivity (Wildman–Crippen MR) is 120 cm³/mol. The number of halogens is 1. The van der Waals surface area contributed by atoms with E-state index in [0.29, 0.717) is 46.6 Å². The van der Waals surface area contributed by atoms with Gasteiger partial charge in [0.1, 0.15) is 12.2 Å². The summed E-state index contributed by atoms with van der Waals surface area (Å²) in [4.78, 5) is 16.5. The third kappa shape index (κ3) is 5.54. The van der Waals surface area contributed by atoms with Gasteiger partial charge in [0.25, 0.3) is 0 Å². The number of aromatic nitrogens is 5. The van der Waals surface area contributed by atoms with Crippen molar-refractivity contribution in [2.45, 2.75) is 30.8 Å². The van der Waals surface area contributed by atoms with Gasteiger partial charge in [-0.05, 0) is 24.6 Å². The Morgan fingerprint density at radius 3 is 2.78 bits per heavy atom. The molecule has 4 rings (SSSR count). The number of carbonyl (C=O) groups excluding carboxylic acids is 1. The minimum atomic E-state index is -0.339. The first kappa shape index (κ1) is 22.0. The predicted octanol–water partition coefficient (Wildman–Crippen LogP) is 4.43. The second-order valence-corrected chi connectivity index (χ2v) is 8.14. The lowest BCUT2D eigenvalue weighted by Gasteiger charge is -2.09. The van der Waals surface area contributed by atoms with Crippen LogP contribution in [0.5, 0.6) is 0 Å². The van der Waals surface area contributed by atoms with Gasteiger partial charge in [-0.3, -0.25) is 4.79 Å². The van der Waals surface area contributed by atoms with E-state index in [4.69, 9.17) is 20.9 Å². The fourth-order valence-electron chi connectivity index (χ4n) is 3.01. The van der Waals surface area contributed by atoms with E-state index in [1.54, 1.807) is 19.1 Å². The number of esters is 1. The fraction of sp³-hybridized carbons (Fsp3) is 0.227. The highest BCUT2D eigenvalue weighted by Crippen LogP contribution is 2.25. The van der Waals surface area contributed by atoms with E-state index in [-0.39, 0.29) is 12.4 Å². The first-order valence-electron chi connectivity index (χ1n) is 9.95. The molecule has 10 heteroatoms. The number of benzene rings is 2. The van der Waals surface area contributed by atoms with Crippen molar-refractivity contribution >= 4 is 29.3 Å². The SMILES string of the molecule is CCOC(=O)Cc1nnc(SCc2nc(-c3cccc(Cl)c3)no2)n1Cc1ccccc1. The van der Waals surface area contributed by atoms with Crippen molar-refractivity contribution in [2.75, 3.05) is 6.61 Å². The maximum atomic E-state index is 12.0. The summed E-state index contributed by atoms with van der Waals surface area (Å²) in [6.07, 6.45) is 0.0493. The Bertz CT molecular complexity index is 1200. The zero-order chi connectivity index (χ0) is 22.3. The molecule has 4 aromatic rings. The molecule has 0 aliphatic heterocycles. The molecule has 0 atom stereocenters. The maximum absolute atomic E-state index is 12.0. The summed E-state index contributed by atoms with van der Waals surface area (Å²) >= 11 is 7.45. The van der Waals surface area contributed by atoms with Gasteiger partial charge in [-0.25, -0.2) is 0 Å². The van der Waals surface area contributed by atoms with Crippen LogP contribution < -0.4 is 0 Å². The lowest BCUT2D eigenvalue weighted by atomic mass is 10.2. The molecule has 0 saturated heterocycles. The molecule has 2 aromatic heterocycles. The van der Waals surface area contributed by atoms with E-state index in [0.717, 1.165) is 11.1 Å². The van der Waals surface area contributed by atoms with Gasteiger partial charge in [-0.15, -0.1) is 10.2 Å². The number of rotatable bonds is 9. The molecule has 2 aromatic carbocycles. The molecule has 0 N–H and O–H groups in total. The minimum absolute atomic E-state index is 0.0493. The molecule has 0 saturated carbocycles. The first-order valence-corrected chi connectivity index (χ1v) is 11.3. The van der Waals surface area contributed by atoms with Gasteiger partial charge >= 0.3 is 5.97 Å². The molecule has 0 aliphatic carbocycles. The number of hydrogen-bond acceptors (Lipinski definition) is 8. The van der Waals surface area contributed by atoms with E-state index in [1.165, 1.54) is 11.8 Å². The number of nitrogens with zero attached hydrogens (tertiary/aromatic N) is 5. The van der Waals surface area contributed by atoms with E-state index in [2.05, 4.69) is 20.3 Å². The van der Waals surface area contributed by atoms with Gasteiger partial charge in [0.15, 0.2) is 5.16 Å². The highest BCUT2D eigenvalue weighted by Gasteiger charge is 2.18. The second kappa shape index (κ2) is 10.4. The fourth-order valence-corrected chi connectivity index (χ4v) is 3.99. The monoisotopic (exact) mass is 469 g/mol. The quantitative estimate of drug-likeness (QED) is 0.262. The Labute approximate surface area is 194 Å². The third-order valence-electron chi connectivity index (χ3n) is 4.46. The lowest BCUT2D eigenvalue weighted by Crippen LogP contribution is -2.14. The van der Waals surface area contributed by atoms with Crippen LogP contribution in [-0.4, -0.2) is 37.5 Å². The molecule has 0 spiro atoms. The Balaban J connectivity index is 1.51. The van der Waals surface area contributed by atoms with Crippen molar-refractivity contribution in [1.82, 2.24) is 24.9 Å². The van der Waals surface area contributed by atoms with Crippen LogP contribution in [-0.2, 0) is 28.2 Å². The molecule has 0 aliphatic rings. The van der Waals surface area contributed by atoms with Crippen molar-refractivity contribution in [3.05, 3.63) is 76.9 Å². The van der Waals surface area contributed by atoms with Gasteiger partial charge in [0, 0.05) is 10.6 Å². The van der Waals surface area contributed by atoms with E-state index in [1.807, 2.05) is 47.0 Å². The van der Waals surface area contributed by atoms with Crippen LogP contribution in [0.4, 0.5) is 0 Å². The molecule has 0 fully saturated rings. The van der Waals surface area contributed by atoms with Crippen LogP contribution in [0.25, 0.3) is 11.4 Å². The molecule has 0 unspecified atom stereocenters. The molecular weight excluding hydrogens is 450 g/mol. The standard InChI is InChI=1S/C22H20ClN5O3S/c1-2-30-20(29)12-18-25-26-22(28(18)13-15-7-4-3-5-8-15)32-14-19-24-21(27-31-19)16-9-6-10-17(23)11-16/h3-11H,2,12-14H2,1H3. The minimum Gasteiger partial charge on any atom is -0.466 e. The van der Waals surface area contributed by atoms with Gasteiger partial charge < -0.3 is 13.8 Å². The molecule has 0 bridgehead atoms. The van der Waals surface area contributed by atoms with Crippen LogP contribution in [0.1, 0.15) is 24.2 Å². The Kier molecular flexibility index (Phi) is 7.18. The number of carbonyl (C=O) groups is 1. The van der Waals surface area contributed by atoms with Crippen molar-refractivity contribution in [3.8, 4) is 11.4 Å². The summed E-state index contributed by atoms with van der Waals surface area (Å²) in [5, 5.41) is 13.8. The highest BCUT2D eigenvalue weighted by atomic mass is 35.5. The molecule has 8 nitrogen and oxygen atoms in total. The number of thioether (sulfide) groups is 1.